The number of halogens is 1. The molecule has 3 heteroatoms. The standard InChI is InChI=1S/C13H16FNO/c1-9(2)10-7-8-15(13(10)16)12-6-4-3-5-11(12)14/h3-6,9-10H,7-8H2,1-2H3. The first-order valence-electron chi connectivity index (χ1n) is 5.67. The van der Waals surface area contributed by atoms with E-state index in [2.05, 4.69) is 0 Å². The Balaban J connectivity index is 2.25. The van der Waals surface area contributed by atoms with Crippen LogP contribution in [0.25, 0.3) is 0 Å². The maximum absolute atomic E-state index is 13.5. The van der Waals surface area contributed by atoms with Gasteiger partial charge in [-0.05, 0) is 24.5 Å². The van der Waals surface area contributed by atoms with E-state index in [-0.39, 0.29) is 17.6 Å². The average Bonchev–Trinajstić information content (AvgIpc) is 2.61. The molecule has 1 aromatic carbocycles. The summed E-state index contributed by atoms with van der Waals surface area (Å²) in [5.41, 5.74) is 0.413. The van der Waals surface area contributed by atoms with E-state index in [4.69, 9.17) is 0 Å². The second kappa shape index (κ2) is 4.24. The van der Waals surface area contributed by atoms with Gasteiger partial charge in [0.05, 0.1) is 5.69 Å². The van der Waals surface area contributed by atoms with E-state index in [9.17, 15) is 9.18 Å². The molecule has 1 heterocycles. The zero-order valence-electron chi connectivity index (χ0n) is 9.61. The number of benzene rings is 1. The van der Waals surface area contributed by atoms with E-state index in [1.54, 1.807) is 23.1 Å². The van der Waals surface area contributed by atoms with Crippen LogP contribution in [0.1, 0.15) is 20.3 Å². The lowest BCUT2D eigenvalue weighted by Gasteiger charge is -2.18. The smallest absolute Gasteiger partial charge is 0.230 e. The molecule has 1 amide bonds. The van der Waals surface area contributed by atoms with Gasteiger partial charge in [-0.2, -0.15) is 0 Å². The number of hydrogen-bond acceptors (Lipinski definition) is 1. The molecule has 1 atom stereocenters. The lowest BCUT2D eigenvalue weighted by atomic mass is 9.95. The Hall–Kier alpha value is -1.38. The molecule has 2 nitrogen and oxygen atoms in total. The monoisotopic (exact) mass is 221 g/mol. The SMILES string of the molecule is CC(C)C1CCN(c2ccccc2F)C1=O. The quantitative estimate of drug-likeness (QED) is 0.752. The molecule has 0 saturated carbocycles. The van der Waals surface area contributed by atoms with Crippen molar-refractivity contribution in [2.75, 3.05) is 11.4 Å². The zero-order valence-corrected chi connectivity index (χ0v) is 9.61. The minimum absolute atomic E-state index is 0.0413. The van der Waals surface area contributed by atoms with Gasteiger partial charge in [0.15, 0.2) is 0 Å². The Morgan fingerprint density at radius 3 is 2.62 bits per heavy atom. The molecule has 86 valence electrons. The molecule has 2 rings (SSSR count). The van der Waals surface area contributed by atoms with Gasteiger partial charge < -0.3 is 4.90 Å². The Labute approximate surface area is 95.1 Å². The largest absolute Gasteiger partial charge is 0.309 e. The van der Waals surface area contributed by atoms with Crippen molar-refractivity contribution in [2.45, 2.75) is 20.3 Å². The summed E-state index contributed by atoms with van der Waals surface area (Å²) in [6, 6.07) is 6.45. The molecule has 1 aliphatic rings. The molecule has 1 aliphatic heterocycles. The molecule has 0 N–H and O–H groups in total. The molecule has 0 aliphatic carbocycles. The summed E-state index contributed by atoms with van der Waals surface area (Å²) in [5.74, 6) is 0.101. The minimum atomic E-state index is -0.319. The van der Waals surface area contributed by atoms with Crippen molar-refractivity contribution in [1.82, 2.24) is 0 Å². The third kappa shape index (κ3) is 1.82. The summed E-state index contributed by atoms with van der Waals surface area (Å²) < 4.78 is 13.5. The summed E-state index contributed by atoms with van der Waals surface area (Å²) in [4.78, 5) is 13.6. The van der Waals surface area contributed by atoms with Gasteiger partial charge in [0.2, 0.25) is 5.91 Å². The van der Waals surface area contributed by atoms with Gasteiger partial charge in [0.25, 0.3) is 0 Å². The number of hydrogen-bond donors (Lipinski definition) is 0. The number of carbonyl (C=O) groups is 1. The molecule has 16 heavy (non-hydrogen) atoms. The Morgan fingerprint density at radius 1 is 1.38 bits per heavy atom. The fourth-order valence-electron chi connectivity index (χ4n) is 2.23. The molecule has 0 radical (unpaired) electrons. The maximum Gasteiger partial charge on any atom is 0.230 e. The number of nitrogens with zero attached hydrogens (tertiary/aromatic N) is 1. The molecule has 0 aromatic heterocycles. The van der Waals surface area contributed by atoms with Crippen molar-refractivity contribution in [3.63, 3.8) is 0 Å². The topological polar surface area (TPSA) is 20.3 Å². The number of para-hydroxylation sites is 1. The number of carbonyl (C=O) groups excluding carboxylic acids is 1. The van der Waals surface area contributed by atoms with Gasteiger partial charge >= 0.3 is 0 Å². The summed E-state index contributed by atoms with van der Waals surface area (Å²) >= 11 is 0. The van der Waals surface area contributed by atoms with Crippen molar-refractivity contribution in [3.05, 3.63) is 30.1 Å². The van der Waals surface area contributed by atoms with E-state index in [0.29, 0.717) is 18.2 Å². The lowest BCUT2D eigenvalue weighted by molar-refractivity contribution is -0.121. The maximum atomic E-state index is 13.5. The Morgan fingerprint density at radius 2 is 2.06 bits per heavy atom. The second-order valence-corrected chi connectivity index (χ2v) is 4.58. The highest BCUT2D eigenvalue weighted by Crippen LogP contribution is 2.30. The Kier molecular flexibility index (Phi) is 2.95. The molecule has 1 aromatic rings. The average molecular weight is 221 g/mol. The van der Waals surface area contributed by atoms with Crippen LogP contribution in [0.2, 0.25) is 0 Å². The second-order valence-electron chi connectivity index (χ2n) is 4.58. The summed E-state index contributed by atoms with van der Waals surface area (Å²) in [5, 5.41) is 0. The highest BCUT2D eigenvalue weighted by atomic mass is 19.1. The third-order valence-electron chi connectivity index (χ3n) is 3.19. The van der Waals surface area contributed by atoms with Crippen molar-refractivity contribution >= 4 is 11.6 Å². The van der Waals surface area contributed by atoms with Crippen LogP contribution in [0.3, 0.4) is 0 Å². The van der Waals surface area contributed by atoms with Crippen LogP contribution >= 0.6 is 0 Å². The van der Waals surface area contributed by atoms with Crippen LogP contribution < -0.4 is 4.90 Å². The van der Waals surface area contributed by atoms with Gasteiger partial charge in [-0.25, -0.2) is 4.39 Å². The number of anilines is 1. The normalized spacial score (nSPS) is 20.9. The van der Waals surface area contributed by atoms with Crippen molar-refractivity contribution in [3.8, 4) is 0 Å². The molecule has 1 unspecified atom stereocenters. The molecule has 0 spiro atoms. The fraction of sp³-hybridized carbons (Fsp3) is 0.462. The first-order valence-corrected chi connectivity index (χ1v) is 5.67. The first-order chi connectivity index (χ1) is 7.61. The van der Waals surface area contributed by atoms with Gasteiger partial charge in [0.1, 0.15) is 5.82 Å². The lowest BCUT2D eigenvalue weighted by Crippen LogP contribution is -2.29. The molecular formula is C13H16FNO. The minimum Gasteiger partial charge on any atom is -0.309 e. The van der Waals surface area contributed by atoms with Crippen molar-refractivity contribution in [2.24, 2.45) is 11.8 Å². The van der Waals surface area contributed by atoms with Crippen LogP contribution in [0.15, 0.2) is 24.3 Å². The molecule has 1 fully saturated rings. The van der Waals surface area contributed by atoms with Crippen LogP contribution in [0.5, 0.6) is 0 Å². The highest BCUT2D eigenvalue weighted by Gasteiger charge is 2.35. The van der Waals surface area contributed by atoms with Crippen molar-refractivity contribution < 1.29 is 9.18 Å². The Bertz CT molecular complexity index is 403. The zero-order chi connectivity index (χ0) is 11.7. The van der Waals surface area contributed by atoms with Gasteiger partial charge in [0, 0.05) is 12.5 Å². The number of rotatable bonds is 2. The van der Waals surface area contributed by atoms with Gasteiger partial charge in [-0.1, -0.05) is 26.0 Å². The van der Waals surface area contributed by atoms with Gasteiger partial charge in [-0.3, -0.25) is 4.79 Å². The molecule has 0 bridgehead atoms. The molecule has 1 saturated heterocycles. The first kappa shape index (κ1) is 11.1. The third-order valence-corrected chi connectivity index (χ3v) is 3.19. The molecular weight excluding hydrogens is 205 g/mol. The van der Waals surface area contributed by atoms with Crippen LogP contribution in [-0.2, 0) is 4.79 Å². The van der Waals surface area contributed by atoms with Crippen LogP contribution in [0, 0.1) is 17.7 Å². The van der Waals surface area contributed by atoms with E-state index in [1.165, 1.54) is 6.07 Å². The number of amides is 1. The predicted octanol–water partition coefficient (Wildman–Crippen LogP) is 2.83. The van der Waals surface area contributed by atoms with Crippen LogP contribution in [0.4, 0.5) is 10.1 Å². The van der Waals surface area contributed by atoms with Crippen molar-refractivity contribution in [1.29, 1.82) is 0 Å². The van der Waals surface area contributed by atoms with E-state index >= 15 is 0 Å². The summed E-state index contributed by atoms with van der Waals surface area (Å²) in [6.45, 7) is 4.70. The van der Waals surface area contributed by atoms with E-state index in [1.807, 2.05) is 13.8 Å². The highest BCUT2D eigenvalue weighted by molar-refractivity contribution is 5.97. The van der Waals surface area contributed by atoms with Gasteiger partial charge in [-0.15, -0.1) is 0 Å². The fourth-order valence-corrected chi connectivity index (χ4v) is 2.23. The predicted molar refractivity (Wildman–Crippen MR) is 61.7 cm³/mol. The summed E-state index contributed by atoms with van der Waals surface area (Å²) in [7, 11) is 0. The van der Waals surface area contributed by atoms with E-state index < -0.39 is 0 Å². The summed E-state index contributed by atoms with van der Waals surface area (Å²) in [6.07, 6.45) is 0.824. The van der Waals surface area contributed by atoms with Crippen LogP contribution in [-0.4, -0.2) is 12.5 Å². The van der Waals surface area contributed by atoms with E-state index in [0.717, 1.165) is 6.42 Å².